The van der Waals surface area contributed by atoms with Crippen LogP contribution in [0.4, 0.5) is 28.9 Å². The van der Waals surface area contributed by atoms with E-state index in [9.17, 15) is 22.4 Å². The summed E-state index contributed by atoms with van der Waals surface area (Å²) < 4.78 is 58.5. The van der Waals surface area contributed by atoms with E-state index in [1.54, 1.807) is 19.1 Å². The van der Waals surface area contributed by atoms with Gasteiger partial charge in [-0.25, -0.2) is 9.37 Å². The number of halogens is 4. The zero-order valence-corrected chi connectivity index (χ0v) is 16.7. The van der Waals surface area contributed by atoms with E-state index >= 15 is 0 Å². The number of anilines is 2. The van der Waals surface area contributed by atoms with Crippen molar-refractivity contribution >= 4 is 38.8 Å². The van der Waals surface area contributed by atoms with Crippen LogP contribution in [0.3, 0.4) is 0 Å². The second-order valence-electron chi connectivity index (χ2n) is 6.82. The van der Waals surface area contributed by atoms with Gasteiger partial charge >= 0.3 is 6.18 Å². The van der Waals surface area contributed by atoms with E-state index in [0.29, 0.717) is 42.9 Å². The van der Waals surface area contributed by atoms with Gasteiger partial charge in [-0.2, -0.15) is 13.2 Å². The maximum absolute atomic E-state index is 14.5. The van der Waals surface area contributed by atoms with Crippen LogP contribution < -0.4 is 10.2 Å². The highest BCUT2D eigenvalue weighted by Gasteiger charge is 2.33. The molecule has 3 heterocycles. The fourth-order valence-corrected chi connectivity index (χ4v) is 4.38. The van der Waals surface area contributed by atoms with Gasteiger partial charge in [-0.15, -0.1) is 11.3 Å². The fourth-order valence-electron chi connectivity index (χ4n) is 3.31. The molecule has 1 aliphatic rings. The quantitative estimate of drug-likeness (QED) is 0.593. The summed E-state index contributed by atoms with van der Waals surface area (Å²) in [6.07, 6.45) is -4.56. The number of nitrogens with one attached hydrogen (secondary N) is 1. The number of nitrogens with zero attached hydrogens (tertiary/aromatic N) is 2. The first kappa shape index (κ1) is 20.5. The van der Waals surface area contributed by atoms with Crippen molar-refractivity contribution in [3.8, 4) is 0 Å². The molecule has 4 rings (SSSR count). The summed E-state index contributed by atoms with van der Waals surface area (Å²) >= 11 is 0.873. The van der Waals surface area contributed by atoms with Crippen molar-refractivity contribution in [1.29, 1.82) is 0 Å². The Labute approximate surface area is 173 Å². The number of hydrogen-bond donors (Lipinski definition) is 1. The Bertz CT molecular complexity index is 1110. The Morgan fingerprint density at radius 1 is 1.20 bits per heavy atom. The highest BCUT2D eigenvalue weighted by atomic mass is 32.1. The van der Waals surface area contributed by atoms with Gasteiger partial charge < -0.3 is 15.0 Å². The smallest absolute Gasteiger partial charge is 0.378 e. The van der Waals surface area contributed by atoms with Gasteiger partial charge in [0.1, 0.15) is 16.3 Å². The summed E-state index contributed by atoms with van der Waals surface area (Å²) in [4.78, 5) is 18.5. The molecule has 5 nitrogen and oxygen atoms in total. The van der Waals surface area contributed by atoms with Gasteiger partial charge in [0.15, 0.2) is 0 Å². The molecule has 0 bridgehead atoms. The predicted molar refractivity (Wildman–Crippen MR) is 107 cm³/mol. The average Bonchev–Trinajstić information content (AvgIpc) is 3.04. The first-order valence-electron chi connectivity index (χ1n) is 9.15. The highest BCUT2D eigenvalue weighted by Crippen LogP contribution is 2.34. The van der Waals surface area contributed by atoms with Crippen molar-refractivity contribution in [1.82, 2.24) is 4.98 Å². The number of aromatic nitrogens is 1. The molecule has 1 aliphatic heterocycles. The summed E-state index contributed by atoms with van der Waals surface area (Å²) in [5.41, 5.74) is 0.205. The summed E-state index contributed by atoms with van der Waals surface area (Å²) in [6, 6.07) is 6.61. The van der Waals surface area contributed by atoms with Crippen LogP contribution in [0.25, 0.3) is 10.2 Å². The van der Waals surface area contributed by atoms with E-state index in [2.05, 4.69) is 10.3 Å². The van der Waals surface area contributed by atoms with E-state index in [1.165, 1.54) is 12.1 Å². The van der Waals surface area contributed by atoms with Crippen molar-refractivity contribution in [2.75, 3.05) is 36.5 Å². The number of fused-ring (bicyclic) bond motifs is 1. The number of alkyl halides is 3. The van der Waals surface area contributed by atoms with Gasteiger partial charge in [0.2, 0.25) is 0 Å². The number of rotatable bonds is 3. The van der Waals surface area contributed by atoms with Crippen molar-refractivity contribution < 1.29 is 27.1 Å². The topological polar surface area (TPSA) is 54.5 Å². The minimum absolute atomic E-state index is 0.126. The number of benzene rings is 1. The Hall–Kier alpha value is -2.72. The molecule has 0 radical (unpaired) electrons. The molecule has 1 aromatic carbocycles. The van der Waals surface area contributed by atoms with Crippen LogP contribution in [0.5, 0.6) is 0 Å². The number of carbonyl (C=O) groups excluding carboxylic acids is 1. The first-order chi connectivity index (χ1) is 14.2. The lowest BCUT2D eigenvalue weighted by Gasteiger charge is -2.29. The van der Waals surface area contributed by atoms with Crippen molar-refractivity contribution in [2.45, 2.75) is 13.1 Å². The van der Waals surface area contributed by atoms with E-state index in [-0.39, 0.29) is 15.4 Å². The number of pyridine rings is 1. The summed E-state index contributed by atoms with van der Waals surface area (Å²) in [5.74, 6) is -0.998. The number of morpholine rings is 1. The maximum atomic E-state index is 14.5. The lowest BCUT2D eigenvalue weighted by atomic mass is 10.1. The summed E-state index contributed by atoms with van der Waals surface area (Å²) in [5, 5.41) is 3.09. The zero-order chi connectivity index (χ0) is 21.5. The van der Waals surface area contributed by atoms with Crippen LogP contribution in [0.2, 0.25) is 0 Å². The Morgan fingerprint density at radius 3 is 2.60 bits per heavy atom. The van der Waals surface area contributed by atoms with E-state index in [4.69, 9.17) is 4.74 Å². The molecule has 10 heteroatoms. The summed E-state index contributed by atoms with van der Waals surface area (Å²) in [6.45, 7) is 3.85. The third-order valence-electron chi connectivity index (χ3n) is 4.86. The van der Waals surface area contributed by atoms with Crippen LogP contribution in [0.15, 0.2) is 30.3 Å². The van der Waals surface area contributed by atoms with Crippen LogP contribution >= 0.6 is 11.3 Å². The third kappa shape index (κ3) is 3.97. The minimum atomic E-state index is -4.56. The average molecular weight is 439 g/mol. The van der Waals surface area contributed by atoms with E-state index < -0.39 is 23.6 Å². The summed E-state index contributed by atoms with van der Waals surface area (Å²) in [7, 11) is 0. The van der Waals surface area contributed by atoms with Crippen LogP contribution in [0.1, 0.15) is 20.9 Å². The van der Waals surface area contributed by atoms with Crippen molar-refractivity contribution in [3.63, 3.8) is 0 Å². The number of hydrogen-bond acceptors (Lipinski definition) is 5. The van der Waals surface area contributed by atoms with Crippen LogP contribution in [-0.2, 0) is 10.9 Å². The molecular formula is C20H17F4N3O2S. The molecule has 0 aliphatic carbocycles. The molecule has 30 heavy (non-hydrogen) atoms. The third-order valence-corrected chi connectivity index (χ3v) is 6.06. The molecule has 0 atom stereocenters. The monoisotopic (exact) mass is 439 g/mol. The van der Waals surface area contributed by atoms with Gasteiger partial charge in [0.05, 0.1) is 23.8 Å². The molecule has 1 N–H and O–H groups in total. The molecular weight excluding hydrogens is 422 g/mol. The standard InChI is InChI=1S/C20H17F4N3O2S/c1-11-13-3-5-16(20(22,23)24)26-19(13)30-17(11)18(28)25-12-2-4-15(14(21)10-12)27-6-8-29-9-7-27/h2-5,10H,6-9H2,1H3,(H,25,28). The lowest BCUT2D eigenvalue weighted by Crippen LogP contribution is -2.36. The number of thiophene rings is 1. The van der Waals surface area contributed by atoms with E-state index in [1.807, 2.05) is 4.90 Å². The van der Waals surface area contributed by atoms with Gasteiger partial charge in [-0.3, -0.25) is 4.79 Å². The van der Waals surface area contributed by atoms with Crippen LogP contribution in [-0.4, -0.2) is 37.2 Å². The predicted octanol–water partition coefficient (Wildman–Crippen LogP) is 4.85. The molecule has 3 aromatic rings. The Kier molecular flexibility index (Phi) is 5.37. The number of aryl methyl sites for hydroxylation is 1. The first-order valence-corrected chi connectivity index (χ1v) is 9.96. The molecule has 1 fully saturated rings. The number of ether oxygens (including phenoxy) is 1. The molecule has 1 amide bonds. The maximum Gasteiger partial charge on any atom is 0.433 e. The minimum Gasteiger partial charge on any atom is -0.378 e. The molecule has 0 spiro atoms. The number of amides is 1. The second-order valence-corrected chi connectivity index (χ2v) is 7.82. The molecule has 1 saturated heterocycles. The fraction of sp³-hybridized carbons (Fsp3) is 0.300. The van der Waals surface area contributed by atoms with Gasteiger partial charge in [0.25, 0.3) is 5.91 Å². The normalized spacial score (nSPS) is 14.9. The Balaban J connectivity index is 1.57. The highest BCUT2D eigenvalue weighted by molar-refractivity contribution is 7.20. The van der Waals surface area contributed by atoms with Crippen LogP contribution in [0, 0.1) is 12.7 Å². The lowest BCUT2D eigenvalue weighted by molar-refractivity contribution is -0.140. The molecule has 158 valence electrons. The second kappa shape index (κ2) is 7.84. The SMILES string of the molecule is Cc1c(C(=O)Nc2ccc(N3CCOCC3)c(F)c2)sc2nc(C(F)(F)F)ccc12. The molecule has 0 unspecified atom stereocenters. The Morgan fingerprint density at radius 2 is 1.93 bits per heavy atom. The van der Waals surface area contributed by atoms with Crippen molar-refractivity contribution in [2.24, 2.45) is 0 Å². The molecule has 0 saturated carbocycles. The van der Waals surface area contributed by atoms with Gasteiger partial charge in [-0.05, 0) is 42.8 Å². The van der Waals surface area contributed by atoms with Gasteiger partial charge in [0, 0.05) is 24.2 Å². The molecule has 2 aromatic heterocycles. The largest absolute Gasteiger partial charge is 0.433 e. The van der Waals surface area contributed by atoms with E-state index in [0.717, 1.165) is 17.4 Å². The number of carbonyl (C=O) groups is 1. The van der Waals surface area contributed by atoms with Gasteiger partial charge in [-0.1, -0.05) is 0 Å². The zero-order valence-electron chi connectivity index (χ0n) is 15.8. The van der Waals surface area contributed by atoms with Crippen molar-refractivity contribution in [3.05, 3.63) is 52.3 Å².